The number of aliphatic hydroxyl groups excluding tert-OH is 2. The summed E-state index contributed by atoms with van der Waals surface area (Å²) in [4.78, 5) is 0. The third-order valence-electron chi connectivity index (χ3n) is 4.76. The van der Waals surface area contributed by atoms with Crippen LogP contribution in [0.5, 0.6) is 11.5 Å². The maximum absolute atomic E-state index is 10.2. The zero-order valence-corrected chi connectivity index (χ0v) is 18.1. The monoisotopic (exact) mass is 438 g/mol. The highest BCUT2D eigenvalue weighted by molar-refractivity contribution is 6.11. The highest BCUT2D eigenvalue weighted by atomic mass is 16.5. The molecule has 0 aliphatic carbocycles. The summed E-state index contributed by atoms with van der Waals surface area (Å²) in [6.45, 7) is 8.44. The van der Waals surface area contributed by atoms with Crippen LogP contribution in [-0.2, 0) is 9.47 Å². The van der Waals surface area contributed by atoms with Crippen molar-refractivity contribution in [1.82, 2.24) is 0 Å². The van der Waals surface area contributed by atoms with Crippen LogP contribution >= 0.6 is 0 Å². The molecule has 0 aliphatic heterocycles. The van der Waals surface area contributed by atoms with E-state index in [1.807, 2.05) is 48.5 Å². The molecule has 170 valence electrons. The van der Waals surface area contributed by atoms with Gasteiger partial charge in [0.05, 0.1) is 26.4 Å². The van der Waals surface area contributed by atoms with Gasteiger partial charge in [-0.1, -0.05) is 60.7 Å². The number of fused-ring (bicyclic) bond motifs is 2. The van der Waals surface area contributed by atoms with E-state index in [2.05, 4.69) is 13.2 Å². The molecule has 3 rings (SSSR count). The summed E-state index contributed by atoms with van der Waals surface area (Å²) in [6.07, 6.45) is 1.73. The second-order valence-electron chi connectivity index (χ2n) is 7.33. The van der Waals surface area contributed by atoms with Gasteiger partial charge in [-0.15, -0.1) is 13.2 Å². The van der Waals surface area contributed by atoms with Crippen molar-refractivity contribution in [1.29, 1.82) is 0 Å². The van der Waals surface area contributed by atoms with E-state index in [0.717, 1.165) is 21.5 Å². The van der Waals surface area contributed by atoms with Gasteiger partial charge in [-0.05, 0) is 0 Å². The molecule has 6 nitrogen and oxygen atoms in total. The van der Waals surface area contributed by atoms with Crippen molar-refractivity contribution in [2.45, 2.75) is 12.2 Å². The minimum Gasteiger partial charge on any atom is -0.489 e. The molecule has 0 aromatic heterocycles. The fourth-order valence-corrected chi connectivity index (χ4v) is 3.39. The van der Waals surface area contributed by atoms with Gasteiger partial charge in [-0.2, -0.15) is 0 Å². The van der Waals surface area contributed by atoms with Gasteiger partial charge in [-0.25, -0.2) is 0 Å². The summed E-state index contributed by atoms with van der Waals surface area (Å²) >= 11 is 0. The first-order valence-electron chi connectivity index (χ1n) is 10.6. The van der Waals surface area contributed by atoms with Crippen LogP contribution in [0.1, 0.15) is 0 Å². The predicted octanol–water partition coefficient (Wildman–Crippen LogP) is 3.88. The van der Waals surface area contributed by atoms with Crippen LogP contribution in [0.2, 0.25) is 0 Å². The molecule has 0 saturated carbocycles. The lowest BCUT2D eigenvalue weighted by molar-refractivity contribution is 0.0216. The number of rotatable bonds is 14. The lowest BCUT2D eigenvalue weighted by atomic mass is 10.0. The van der Waals surface area contributed by atoms with Gasteiger partial charge in [0.2, 0.25) is 0 Å². The quantitative estimate of drug-likeness (QED) is 0.226. The fourth-order valence-electron chi connectivity index (χ4n) is 3.39. The molecular weight excluding hydrogens is 408 g/mol. The Morgan fingerprint density at radius 1 is 0.625 bits per heavy atom. The molecule has 2 unspecified atom stereocenters. The summed E-state index contributed by atoms with van der Waals surface area (Å²) < 4.78 is 22.8. The van der Waals surface area contributed by atoms with Gasteiger partial charge < -0.3 is 29.2 Å². The summed E-state index contributed by atoms with van der Waals surface area (Å²) in [5, 5.41) is 23.9. The number of hydrogen-bond acceptors (Lipinski definition) is 6. The minimum absolute atomic E-state index is 0.0880. The molecule has 2 N–H and O–H groups in total. The van der Waals surface area contributed by atoms with Crippen LogP contribution < -0.4 is 9.47 Å². The van der Waals surface area contributed by atoms with E-state index in [4.69, 9.17) is 18.9 Å². The molecule has 32 heavy (non-hydrogen) atoms. The summed E-state index contributed by atoms with van der Waals surface area (Å²) in [5.41, 5.74) is 0. The molecule has 0 radical (unpaired) electrons. The third-order valence-corrected chi connectivity index (χ3v) is 4.76. The Labute approximate surface area is 188 Å². The molecule has 0 amide bonds. The zero-order chi connectivity index (χ0) is 22.8. The summed E-state index contributed by atoms with van der Waals surface area (Å²) in [6, 6.07) is 15.5. The number of hydrogen-bond donors (Lipinski definition) is 2. The SMILES string of the molecule is C=CCOCC(O)COc1c2ccccc2c(OCC(O)COCC=C)c2ccccc12. The minimum atomic E-state index is -0.769. The molecule has 3 aromatic rings. The lowest BCUT2D eigenvalue weighted by Gasteiger charge is -2.20. The van der Waals surface area contributed by atoms with Gasteiger partial charge in [0, 0.05) is 21.5 Å². The second-order valence-corrected chi connectivity index (χ2v) is 7.33. The second kappa shape index (κ2) is 12.2. The lowest BCUT2D eigenvalue weighted by Crippen LogP contribution is -2.24. The Bertz CT molecular complexity index is 892. The van der Waals surface area contributed by atoms with E-state index in [1.165, 1.54) is 0 Å². The molecule has 0 heterocycles. The Morgan fingerprint density at radius 3 is 1.28 bits per heavy atom. The molecule has 0 aliphatic rings. The van der Waals surface area contributed by atoms with E-state index in [9.17, 15) is 10.2 Å². The smallest absolute Gasteiger partial charge is 0.135 e. The summed E-state index contributed by atoms with van der Waals surface area (Å²) in [5.74, 6) is 1.34. The zero-order valence-electron chi connectivity index (χ0n) is 18.1. The molecular formula is C26H30O6. The van der Waals surface area contributed by atoms with E-state index < -0.39 is 12.2 Å². The first-order chi connectivity index (χ1) is 15.7. The largest absolute Gasteiger partial charge is 0.489 e. The van der Waals surface area contributed by atoms with Crippen molar-refractivity contribution in [3.05, 3.63) is 73.8 Å². The molecule has 0 bridgehead atoms. The van der Waals surface area contributed by atoms with Crippen LogP contribution in [0.4, 0.5) is 0 Å². The van der Waals surface area contributed by atoms with Gasteiger partial charge in [0.15, 0.2) is 0 Å². The molecule has 0 fully saturated rings. The summed E-state index contributed by atoms with van der Waals surface area (Å²) in [7, 11) is 0. The van der Waals surface area contributed by atoms with Crippen molar-refractivity contribution in [3.63, 3.8) is 0 Å². The third kappa shape index (κ3) is 6.08. The Hall–Kier alpha value is -2.90. The van der Waals surface area contributed by atoms with Gasteiger partial charge in [0.25, 0.3) is 0 Å². The molecule has 3 aromatic carbocycles. The Morgan fingerprint density at radius 2 is 0.969 bits per heavy atom. The van der Waals surface area contributed by atoms with E-state index in [1.54, 1.807) is 12.2 Å². The highest BCUT2D eigenvalue weighted by Gasteiger charge is 2.18. The van der Waals surface area contributed by atoms with Crippen molar-refractivity contribution >= 4 is 21.5 Å². The molecule has 0 spiro atoms. The standard InChI is InChI=1S/C26H30O6/c1-3-13-29-15-19(27)17-31-25-21-9-5-7-11-23(21)26(24-12-8-6-10-22(24)25)32-18-20(28)16-30-14-4-2/h3-12,19-20,27-28H,1-2,13-18H2. The van der Waals surface area contributed by atoms with Crippen molar-refractivity contribution < 1.29 is 29.2 Å². The van der Waals surface area contributed by atoms with Crippen LogP contribution in [-0.4, -0.2) is 62.1 Å². The van der Waals surface area contributed by atoms with E-state index >= 15 is 0 Å². The van der Waals surface area contributed by atoms with Crippen LogP contribution in [0.15, 0.2) is 73.8 Å². The van der Waals surface area contributed by atoms with Crippen LogP contribution in [0.25, 0.3) is 21.5 Å². The Kier molecular flexibility index (Phi) is 9.07. The van der Waals surface area contributed by atoms with Crippen LogP contribution in [0.3, 0.4) is 0 Å². The number of aliphatic hydroxyl groups is 2. The highest BCUT2D eigenvalue weighted by Crippen LogP contribution is 2.42. The predicted molar refractivity (Wildman–Crippen MR) is 126 cm³/mol. The first kappa shape index (κ1) is 23.8. The van der Waals surface area contributed by atoms with Crippen molar-refractivity contribution in [2.24, 2.45) is 0 Å². The average molecular weight is 439 g/mol. The van der Waals surface area contributed by atoms with E-state index in [0.29, 0.717) is 24.7 Å². The maximum atomic E-state index is 10.2. The molecule has 2 atom stereocenters. The van der Waals surface area contributed by atoms with Crippen molar-refractivity contribution in [2.75, 3.05) is 39.6 Å². The molecule has 0 saturated heterocycles. The van der Waals surface area contributed by atoms with E-state index in [-0.39, 0.29) is 26.4 Å². The van der Waals surface area contributed by atoms with Gasteiger partial charge in [-0.3, -0.25) is 0 Å². The normalized spacial score (nSPS) is 13.1. The average Bonchev–Trinajstić information content (AvgIpc) is 2.81. The van der Waals surface area contributed by atoms with Crippen molar-refractivity contribution in [3.8, 4) is 11.5 Å². The first-order valence-corrected chi connectivity index (χ1v) is 10.6. The maximum Gasteiger partial charge on any atom is 0.135 e. The Balaban J connectivity index is 1.88. The van der Waals surface area contributed by atoms with Gasteiger partial charge in [0.1, 0.15) is 36.9 Å². The van der Waals surface area contributed by atoms with Gasteiger partial charge >= 0.3 is 0 Å². The number of benzene rings is 3. The van der Waals surface area contributed by atoms with Crippen LogP contribution in [0, 0.1) is 0 Å². The topological polar surface area (TPSA) is 77.4 Å². The number of ether oxygens (including phenoxy) is 4. The fraction of sp³-hybridized carbons (Fsp3) is 0.308. The molecule has 6 heteroatoms.